The van der Waals surface area contributed by atoms with E-state index in [1.807, 2.05) is 103 Å². The number of hydrogen-bond acceptors (Lipinski definition) is 5. The Morgan fingerprint density at radius 3 is 0.707 bits per heavy atom. The van der Waals surface area contributed by atoms with Crippen LogP contribution < -0.4 is 0 Å². The Kier molecular flexibility index (Phi) is 20.3. The summed E-state index contributed by atoms with van der Waals surface area (Å²) in [5.41, 5.74) is -1.32. The van der Waals surface area contributed by atoms with Gasteiger partial charge in [-0.3, -0.25) is 24.0 Å². The molecule has 0 N–H and O–H groups in total. The Bertz CT molecular complexity index is 1270. The topological polar surface area (TPSA) is 102 Å². The van der Waals surface area contributed by atoms with Gasteiger partial charge in [-0.25, -0.2) is 8.78 Å². The molecule has 338 valence electrons. The largest absolute Gasteiger partial charge is 0.342 e. The van der Waals surface area contributed by atoms with Crippen molar-refractivity contribution in [3.8, 4) is 0 Å². The van der Waals surface area contributed by atoms with Crippen molar-refractivity contribution in [1.82, 2.24) is 24.5 Å². The molecule has 0 aliphatic carbocycles. The Morgan fingerprint density at radius 1 is 0.328 bits per heavy atom. The molecule has 5 aliphatic heterocycles. The van der Waals surface area contributed by atoms with E-state index in [4.69, 9.17) is 0 Å². The molecule has 0 unspecified atom stereocenters. The van der Waals surface area contributed by atoms with Gasteiger partial charge in [0.2, 0.25) is 29.5 Å². The van der Waals surface area contributed by atoms with Gasteiger partial charge in [-0.15, -0.1) is 0 Å². The molecule has 58 heavy (non-hydrogen) atoms. The molecule has 5 heterocycles. The van der Waals surface area contributed by atoms with Crippen molar-refractivity contribution in [2.45, 2.75) is 174 Å². The van der Waals surface area contributed by atoms with Crippen molar-refractivity contribution in [1.29, 1.82) is 0 Å². The van der Waals surface area contributed by atoms with Gasteiger partial charge in [-0.2, -0.15) is 0 Å². The average Bonchev–Trinajstić information content (AvgIpc) is 3.76. The van der Waals surface area contributed by atoms with Crippen LogP contribution in [0.2, 0.25) is 0 Å². The molecule has 0 aromatic rings. The van der Waals surface area contributed by atoms with Gasteiger partial charge in [-0.05, 0) is 57.8 Å². The average molecular weight is 826 g/mol. The van der Waals surface area contributed by atoms with Gasteiger partial charge in [0.25, 0.3) is 5.92 Å². The standard InChI is InChI=1S/2C10H19NO.C9H15F2NO.C9H17NO.C8H15NO/c2*1-10(2,3)9(12)11-7-5-4-6-8-11;1-8(2,3)7(13)12-5-4-9(10,11)6-12;1-9(2,3)8(11)10-6-4-5-7-10;1-8(2,3)7(10)9-5-4-6-9/h2*4-8H2,1-3H3;4-6H2,1-3H3;4-7H2,1-3H3;4-6H2,1-3H3. The van der Waals surface area contributed by atoms with Crippen molar-refractivity contribution >= 4 is 29.5 Å². The summed E-state index contributed by atoms with van der Waals surface area (Å²) in [6, 6.07) is 0. The van der Waals surface area contributed by atoms with Gasteiger partial charge >= 0.3 is 0 Å². The number of nitrogens with zero attached hydrogens (tertiary/aromatic N) is 5. The molecule has 0 spiro atoms. The minimum Gasteiger partial charge on any atom is -0.342 e. The molecule has 5 aliphatic rings. The van der Waals surface area contributed by atoms with Crippen LogP contribution in [0.5, 0.6) is 0 Å². The highest BCUT2D eigenvalue weighted by molar-refractivity contribution is 5.83. The third-order valence-electron chi connectivity index (χ3n) is 10.5. The molecule has 5 saturated heterocycles. The number of carbonyl (C=O) groups excluding carboxylic acids is 5. The van der Waals surface area contributed by atoms with Crippen LogP contribution in [0.15, 0.2) is 0 Å². The number of alkyl halides is 2. The molecule has 0 saturated carbocycles. The van der Waals surface area contributed by atoms with Crippen LogP contribution in [0.3, 0.4) is 0 Å². The maximum absolute atomic E-state index is 12.7. The monoisotopic (exact) mass is 826 g/mol. The Hall–Kier alpha value is -2.79. The first-order valence-corrected chi connectivity index (χ1v) is 22.1. The minimum atomic E-state index is -2.68. The fourth-order valence-corrected chi connectivity index (χ4v) is 6.91. The summed E-state index contributed by atoms with van der Waals surface area (Å²) >= 11 is 0. The maximum atomic E-state index is 12.7. The quantitative estimate of drug-likeness (QED) is 0.243. The van der Waals surface area contributed by atoms with Gasteiger partial charge in [0.15, 0.2) is 0 Å². The van der Waals surface area contributed by atoms with E-state index in [9.17, 15) is 32.8 Å². The lowest BCUT2D eigenvalue weighted by Crippen LogP contribution is -2.47. The second-order valence-electron chi connectivity index (χ2n) is 21.9. The predicted molar refractivity (Wildman–Crippen MR) is 231 cm³/mol. The van der Waals surface area contributed by atoms with Crippen LogP contribution in [-0.4, -0.2) is 125 Å². The fourth-order valence-electron chi connectivity index (χ4n) is 6.91. The first-order valence-electron chi connectivity index (χ1n) is 22.1. The van der Waals surface area contributed by atoms with E-state index in [0.29, 0.717) is 23.6 Å². The second kappa shape index (κ2) is 22.2. The normalized spacial score (nSPS) is 19.8. The molecule has 0 bridgehead atoms. The first-order chi connectivity index (χ1) is 26.3. The smallest absolute Gasteiger partial charge is 0.267 e. The van der Waals surface area contributed by atoms with E-state index in [2.05, 4.69) is 0 Å². The Labute approximate surface area is 352 Å². The molecule has 0 aromatic carbocycles. The highest BCUT2D eigenvalue weighted by atomic mass is 19.3. The maximum Gasteiger partial charge on any atom is 0.267 e. The third kappa shape index (κ3) is 19.1. The summed E-state index contributed by atoms with van der Waals surface area (Å²) in [5.74, 6) is -1.66. The van der Waals surface area contributed by atoms with E-state index in [0.717, 1.165) is 52.4 Å². The zero-order valence-corrected chi connectivity index (χ0v) is 39.7. The fraction of sp³-hybridized carbons (Fsp3) is 0.891. The summed E-state index contributed by atoms with van der Waals surface area (Å²) in [5, 5.41) is 0. The Balaban J connectivity index is 0.000000363. The van der Waals surface area contributed by atoms with Crippen molar-refractivity contribution < 1.29 is 32.8 Å². The lowest BCUT2D eigenvalue weighted by atomic mass is 9.93. The SMILES string of the molecule is CC(C)(C)C(=O)N1CCC(F)(F)C1.CC(C)(C)C(=O)N1CCC1.CC(C)(C)C(=O)N1CCCC1.CC(C)(C)C(=O)N1CCCCC1.CC(C)(C)C(=O)N1CCCCC1. The van der Waals surface area contributed by atoms with Gasteiger partial charge in [0.1, 0.15) is 0 Å². The lowest BCUT2D eigenvalue weighted by molar-refractivity contribution is -0.143. The van der Waals surface area contributed by atoms with Crippen LogP contribution in [0.1, 0.15) is 168 Å². The Morgan fingerprint density at radius 2 is 0.534 bits per heavy atom. The second-order valence-corrected chi connectivity index (χ2v) is 21.9. The number of piperidine rings is 2. The van der Waals surface area contributed by atoms with Gasteiger partial charge < -0.3 is 24.5 Å². The first kappa shape index (κ1) is 53.2. The molecular formula is C46H85F2N5O5. The summed E-state index contributed by atoms with van der Waals surface area (Å²) in [6.07, 6.45) is 10.6. The number of hydrogen-bond donors (Lipinski definition) is 0. The van der Waals surface area contributed by atoms with E-state index < -0.39 is 17.9 Å². The summed E-state index contributed by atoms with van der Waals surface area (Å²) in [7, 11) is 0. The van der Waals surface area contributed by atoms with E-state index in [1.165, 1.54) is 62.7 Å². The zero-order chi connectivity index (χ0) is 44.9. The van der Waals surface area contributed by atoms with Crippen LogP contribution in [-0.2, 0) is 24.0 Å². The number of likely N-dealkylation sites (tertiary alicyclic amines) is 5. The molecular weight excluding hydrogens is 741 g/mol. The number of halogens is 2. The molecule has 0 aromatic heterocycles. The van der Waals surface area contributed by atoms with Crippen molar-refractivity contribution in [3.63, 3.8) is 0 Å². The van der Waals surface area contributed by atoms with Crippen molar-refractivity contribution in [2.24, 2.45) is 27.1 Å². The molecule has 5 fully saturated rings. The van der Waals surface area contributed by atoms with E-state index >= 15 is 0 Å². The van der Waals surface area contributed by atoms with Crippen molar-refractivity contribution in [3.05, 3.63) is 0 Å². The third-order valence-corrected chi connectivity index (χ3v) is 10.5. The summed E-state index contributed by atoms with van der Waals surface area (Å²) < 4.78 is 25.5. The highest BCUT2D eigenvalue weighted by Crippen LogP contribution is 2.30. The van der Waals surface area contributed by atoms with Crippen LogP contribution in [0, 0.1) is 27.1 Å². The van der Waals surface area contributed by atoms with Gasteiger partial charge in [0.05, 0.1) is 6.54 Å². The van der Waals surface area contributed by atoms with Crippen LogP contribution in [0.25, 0.3) is 0 Å². The molecule has 0 radical (unpaired) electrons. The zero-order valence-electron chi connectivity index (χ0n) is 39.7. The van der Waals surface area contributed by atoms with Crippen LogP contribution in [0.4, 0.5) is 8.78 Å². The predicted octanol–water partition coefficient (Wildman–Crippen LogP) is 8.91. The molecule has 10 nitrogen and oxygen atoms in total. The lowest BCUT2D eigenvalue weighted by Gasteiger charge is -2.35. The highest BCUT2D eigenvalue weighted by Gasteiger charge is 2.42. The number of rotatable bonds is 0. The molecule has 12 heteroatoms. The summed E-state index contributed by atoms with van der Waals surface area (Å²) in [4.78, 5) is 67.1. The van der Waals surface area contributed by atoms with E-state index in [1.54, 1.807) is 20.8 Å². The van der Waals surface area contributed by atoms with E-state index in [-0.39, 0.29) is 40.5 Å². The van der Waals surface area contributed by atoms with Crippen molar-refractivity contribution in [2.75, 3.05) is 65.4 Å². The number of amides is 5. The minimum absolute atomic E-state index is 0.180. The van der Waals surface area contributed by atoms with Gasteiger partial charge in [0, 0.05) is 92.4 Å². The van der Waals surface area contributed by atoms with Gasteiger partial charge in [-0.1, -0.05) is 104 Å². The molecule has 5 rings (SSSR count). The summed E-state index contributed by atoms with van der Waals surface area (Å²) in [6.45, 7) is 36.5. The molecule has 5 amide bonds. The van der Waals surface area contributed by atoms with Crippen LogP contribution >= 0.6 is 0 Å². The molecule has 0 atom stereocenters. The number of carbonyl (C=O) groups is 5.